The van der Waals surface area contributed by atoms with Gasteiger partial charge < -0.3 is 20.9 Å². The molecular formula is C40H70N2O5. The third kappa shape index (κ3) is 31.7. The van der Waals surface area contributed by atoms with Crippen molar-refractivity contribution in [1.82, 2.24) is 5.32 Å². The van der Waals surface area contributed by atoms with Crippen LogP contribution in [0.1, 0.15) is 168 Å². The number of nitrogens with two attached hydrogens (primary N) is 1. The molecule has 7 heteroatoms. The molecule has 0 saturated heterocycles. The normalized spacial score (nSPS) is 13.3. The Morgan fingerprint density at radius 2 is 1.19 bits per heavy atom. The monoisotopic (exact) mass is 659 g/mol. The topological polar surface area (TPSA) is 119 Å². The Morgan fingerprint density at radius 3 is 1.83 bits per heavy atom. The average Bonchev–Trinajstić information content (AvgIpc) is 3.05. The minimum atomic E-state index is -1.02. The van der Waals surface area contributed by atoms with E-state index >= 15 is 0 Å². The Morgan fingerprint density at radius 1 is 0.638 bits per heavy atom. The Bertz CT molecular complexity index is 880. The van der Waals surface area contributed by atoms with E-state index in [2.05, 4.69) is 61.7 Å². The van der Waals surface area contributed by atoms with Crippen molar-refractivity contribution in [3.05, 3.63) is 48.6 Å². The largest absolute Gasteiger partial charge is 0.480 e. The molecule has 7 nitrogen and oxygen atoms in total. The van der Waals surface area contributed by atoms with Crippen LogP contribution in [0.5, 0.6) is 0 Å². The summed E-state index contributed by atoms with van der Waals surface area (Å²) < 4.78 is 5.86. The SMILES string of the molecule is CCCC/C=C\C/C=C\C(CCCCCCC(=O)NC(CCCN)C(=O)O)OC(=O)CCCCCCC/C=C\C/C=C\CCCCC. The van der Waals surface area contributed by atoms with Gasteiger partial charge in [-0.1, -0.05) is 114 Å². The van der Waals surface area contributed by atoms with Crippen LogP contribution in [-0.4, -0.2) is 41.6 Å². The molecule has 0 aliphatic heterocycles. The molecule has 2 atom stereocenters. The molecule has 0 spiro atoms. The molecule has 4 N–H and O–H groups in total. The fourth-order valence-electron chi connectivity index (χ4n) is 5.18. The van der Waals surface area contributed by atoms with Crippen LogP contribution in [0.15, 0.2) is 48.6 Å². The number of esters is 1. The summed E-state index contributed by atoms with van der Waals surface area (Å²) in [6, 6.07) is -0.875. The molecule has 0 saturated carbocycles. The zero-order chi connectivity index (χ0) is 34.6. The number of amides is 1. The number of carboxylic acid groups (broad SMARTS) is 1. The van der Waals surface area contributed by atoms with E-state index in [1.165, 1.54) is 51.4 Å². The number of hydrogen-bond donors (Lipinski definition) is 3. The number of carboxylic acids is 1. The zero-order valence-electron chi connectivity index (χ0n) is 30.1. The molecule has 1 amide bonds. The maximum atomic E-state index is 12.6. The Hall–Kier alpha value is -2.67. The van der Waals surface area contributed by atoms with Crippen molar-refractivity contribution in [2.24, 2.45) is 5.73 Å². The van der Waals surface area contributed by atoms with Gasteiger partial charge in [0.15, 0.2) is 0 Å². The van der Waals surface area contributed by atoms with E-state index in [1.807, 2.05) is 6.08 Å². The molecule has 0 radical (unpaired) electrons. The molecule has 0 rings (SSSR count). The van der Waals surface area contributed by atoms with Crippen molar-refractivity contribution < 1.29 is 24.2 Å². The van der Waals surface area contributed by atoms with Crippen LogP contribution in [0.3, 0.4) is 0 Å². The fraction of sp³-hybridized carbons (Fsp3) is 0.725. The summed E-state index contributed by atoms with van der Waals surface area (Å²) in [4.78, 5) is 36.1. The van der Waals surface area contributed by atoms with Crippen LogP contribution in [0.25, 0.3) is 0 Å². The number of carbonyl (C=O) groups excluding carboxylic acids is 2. The van der Waals surface area contributed by atoms with Crippen molar-refractivity contribution >= 4 is 17.8 Å². The quantitative estimate of drug-likeness (QED) is 0.0367. The maximum absolute atomic E-state index is 12.6. The number of carbonyl (C=O) groups is 3. The minimum Gasteiger partial charge on any atom is -0.480 e. The predicted octanol–water partition coefficient (Wildman–Crippen LogP) is 10.1. The van der Waals surface area contributed by atoms with Crippen molar-refractivity contribution in [3.63, 3.8) is 0 Å². The number of nitrogens with one attached hydrogen (secondary N) is 1. The lowest BCUT2D eigenvalue weighted by molar-refractivity contribution is -0.147. The van der Waals surface area contributed by atoms with E-state index in [4.69, 9.17) is 10.5 Å². The fourth-order valence-corrected chi connectivity index (χ4v) is 5.18. The number of hydrogen-bond acceptors (Lipinski definition) is 5. The Balaban J connectivity index is 4.33. The van der Waals surface area contributed by atoms with E-state index in [9.17, 15) is 19.5 Å². The highest BCUT2D eigenvalue weighted by molar-refractivity contribution is 5.83. The smallest absolute Gasteiger partial charge is 0.326 e. The lowest BCUT2D eigenvalue weighted by Gasteiger charge is -2.15. The molecule has 0 aromatic heterocycles. The van der Waals surface area contributed by atoms with Gasteiger partial charge in [-0.3, -0.25) is 9.59 Å². The summed E-state index contributed by atoms with van der Waals surface area (Å²) in [6.45, 7) is 4.83. The van der Waals surface area contributed by atoms with Crippen LogP contribution in [-0.2, 0) is 19.1 Å². The molecule has 0 aromatic rings. The van der Waals surface area contributed by atoms with Gasteiger partial charge in [0, 0.05) is 12.8 Å². The Labute approximate surface area is 287 Å². The maximum Gasteiger partial charge on any atom is 0.326 e. The number of unbranched alkanes of at least 4 members (excludes halogenated alkanes) is 13. The molecule has 2 unspecified atom stereocenters. The first kappa shape index (κ1) is 44.3. The molecule has 0 fully saturated rings. The number of aliphatic carboxylic acids is 1. The highest BCUT2D eigenvalue weighted by Crippen LogP contribution is 2.14. The van der Waals surface area contributed by atoms with Gasteiger partial charge in [0.2, 0.25) is 5.91 Å². The first-order chi connectivity index (χ1) is 22.9. The van der Waals surface area contributed by atoms with Crippen LogP contribution in [0.4, 0.5) is 0 Å². The minimum absolute atomic E-state index is 0.122. The second-order valence-electron chi connectivity index (χ2n) is 12.6. The van der Waals surface area contributed by atoms with E-state index < -0.39 is 12.0 Å². The zero-order valence-corrected chi connectivity index (χ0v) is 30.1. The van der Waals surface area contributed by atoms with Gasteiger partial charge in [-0.15, -0.1) is 0 Å². The standard InChI is InChI=1S/C40H70N2O5/c1-3-5-7-9-11-12-13-14-15-16-17-18-20-22-28-34-39(44)47-36(30-25-21-19-10-8-6-4-2)31-26-23-24-27-33-38(43)42-37(40(45)46)32-29-35-41/h10-12,14-15,19,25,30,36-37H,3-9,13,16-18,20-24,26-29,31-35,41H2,1-2H3,(H,42,43)(H,45,46)/b12-11-,15-14-,19-10-,30-25-. The van der Waals surface area contributed by atoms with Crippen LogP contribution in [0, 0.1) is 0 Å². The van der Waals surface area contributed by atoms with Gasteiger partial charge in [0.25, 0.3) is 0 Å². The Kier molecular flexibility index (Phi) is 32.7. The van der Waals surface area contributed by atoms with E-state index in [0.717, 1.165) is 70.6 Å². The van der Waals surface area contributed by atoms with Gasteiger partial charge in [-0.25, -0.2) is 4.79 Å². The molecule has 0 heterocycles. The predicted molar refractivity (Wildman–Crippen MR) is 197 cm³/mol. The van der Waals surface area contributed by atoms with Gasteiger partial charge in [-0.2, -0.15) is 0 Å². The first-order valence-corrected chi connectivity index (χ1v) is 19.0. The molecule has 0 aromatic carbocycles. The van der Waals surface area contributed by atoms with E-state index in [1.54, 1.807) is 0 Å². The van der Waals surface area contributed by atoms with E-state index in [-0.39, 0.29) is 18.0 Å². The molecule has 47 heavy (non-hydrogen) atoms. The summed E-state index contributed by atoms with van der Waals surface area (Å²) in [6.07, 6.45) is 40.2. The van der Waals surface area contributed by atoms with Crippen molar-refractivity contribution in [3.8, 4) is 0 Å². The number of allylic oxidation sites excluding steroid dienone is 7. The van der Waals surface area contributed by atoms with Gasteiger partial charge in [-0.05, 0) is 96.1 Å². The van der Waals surface area contributed by atoms with Crippen LogP contribution >= 0.6 is 0 Å². The average molecular weight is 659 g/mol. The second kappa shape index (κ2) is 34.7. The molecule has 270 valence electrons. The summed E-state index contributed by atoms with van der Waals surface area (Å²) >= 11 is 0. The summed E-state index contributed by atoms with van der Waals surface area (Å²) in [5.41, 5.74) is 5.46. The second-order valence-corrected chi connectivity index (χ2v) is 12.6. The third-order valence-corrected chi connectivity index (χ3v) is 8.10. The summed E-state index contributed by atoms with van der Waals surface area (Å²) in [5.74, 6) is -1.38. The lowest BCUT2D eigenvalue weighted by atomic mass is 10.1. The van der Waals surface area contributed by atoms with Crippen molar-refractivity contribution in [1.29, 1.82) is 0 Å². The van der Waals surface area contributed by atoms with Crippen LogP contribution in [0.2, 0.25) is 0 Å². The summed E-state index contributed by atoms with van der Waals surface area (Å²) in [7, 11) is 0. The van der Waals surface area contributed by atoms with Gasteiger partial charge in [0.05, 0.1) is 0 Å². The highest BCUT2D eigenvalue weighted by Gasteiger charge is 2.18. The van der Waals surface area contributed by atoms with E-state index in [0.29, 0.717) is 38.6 Å². The third-order valence-electron chi connectivity index (χ3n) is 8.10. The lowest BCUT2D eigenvalue weighted by Crippen LogP contribution is -2.40. The highest BCUT2D eigenvalue weighted by atomic mass is 16.5. The summed E-state index contributed by atoms with van der Waals surface area (Å²) in [5, 5.41) is 11.9. The van der Waals surface area contributed by atoms with Crippen LogP contribution < -0.4 is 11.1 Å². The molecule has 0 aliphatic carbocycles. The number of ether oxygens (including phenoxy) is 1. The van der Waals surface area contributed by atoms with Crippen molar-refractivity contribution in [2.75, 3.05) is 6.54 Å². The number of rotatable bonds is 33. The molecule has 0 bridgehead atoms. The van der Waals surface area contributed by atoms with Crippen molar-refractivity contribution in [2.45, 2.75) is 180 Å². The molecular weight excluding hydrogens is 588 g/mol. The van der Waals surface area contributed by atoms with Gasteiger partial charge >= 0.3 is 11.9 Å². The first-order valence-electron chi connectivity index (χ1n) is 19.0. The molecule has 0 aliphatic rings. The van der Waals surface area contributed by atoms with Gasteiger partial charge in [0.1, 0.15) is 12.1 Å².